The van der Waals surface area contributed by atoms with E-state index in [2.05, 4.69) is 9.97 Å². The molecule has 1 aliphatic carbocycles. The molecule has 2 aromatic rings. The topological polar surface area (TPSA) is 163 Å². The van der Waals surface area contributed by atoms with Gasteiger partial charge in [0.2, 0.25) is 11.1 Å². The molecule has 1 saturated heterocycles. The normalized spacial score (nSPS) is 20.8. The summed E-state index contributed by atoms with van der Waals surface area (Å²) < 4.78 is 19.1. The van der Waals surface area contributed by atoms with Crippen molar-refractivity contribution in [3.63, 3.8) is 0 Å². The van der Waals surface area contributed by atoms with Crippen LogP contribution in [0.1, 0.15) is 36.1 Å². The predicted octanol–water partition coefficient (Wildman–Crippen LogP) is 3.25. The van der Waals surface area contributed by atoms with Crippen molar-refractivity contribution in [3.05, 3.63) is 56.2 Å². The first kappa shape index (κ1) is 27.0. The van der Waals surface area contributed by atoms with E-state index < -0.39 is 39.9 Å². The Kier molecular flexibility index (Phi) is 7.63. The lowest BCUT2D eigenvalue weighted by atomic mass is 9.67. The number of benzene rings is 1. The van der Waals surface area contributed by atoms with E-state index in [4.69, 9.17) is 16.3 Å². The highest BCUT2D eigenvalue weighted by Gasteiger charge is 2.47. The van der Waals surface area contributed by atoms with Gasteiger partial charge in [0.25, 0.3) is 0 Å². The second-order valence-electron chi connectivity index (χ2n) is 9.21. The minimum absolute atomic E-state index is 0.0131. The molecule has 200 valence electrons. The number of carboxylic acid groups (broad SMARTS) is 1. The minimum Gasteiger partial charge on any atom is -0.468 e. The molecule has 1 aromatic carbocycles. The van der Waals surface area contributed by atoms with E-state index in [1.807, 2.05) is 6.07 Å². The number of hydrogen-bond acceptors (Lipinski definition) is 9. The molecule has 1 fully saturated rings. The van der Waals surface area contributed by atoms with Gasteiger partial charge in [-0.25, -0.2) is 14.2 Å². The third kappa shape index (κ3) is 4.91. The number of methoxy groups -OCH3 is 1. The van der Waals surface area contributed by atoms with Crippen LogP contribution in [0, 0.1) is 27.3 Å². The maximum atomic E-state index is 14.0. The highest BCUT2D eigenvalue weighted by molar-refractivity contribution is 6.28. The second-order valence-corrected chi connectivity index (χ2v) is 9.55. The van der Waals surface area contributed by atoms with E-state index in [0.717, 1.165) is 4.90 Å². The monoisotopic (exact) mass is 546 g/mol. The Morgan fingerprint density at radius 3 is 2.82 bits per heavy atom. The average Bonchev–Trinajstić information content (AvgIpc) is 2.87. The van der Waals surface area contributed by atoms with Crippen LogP contribution in [0.5, 0.6) is 0 Å². The Balaban J connectivity index is 1.82. The number of nitriles is 1. The van der Waals surface area contributed by atoms with E-state index in [1.165, 1.54) is 30.2 Å². The van der Waals surface area contributed by atoms with Crippen LogP contribution in [0.3, 0.4) is 0 Å². The Morgan fingerprint density at radius 2 is 2.16 bits per heavy atom. The van der Waals surface area contributed by atoms with Gasteiger partial charge in [-0.15, -0.1) is 0 Å². The largest absolute Gasteiger partial charge is 0.468 e. The maximum absolute atomic E-state index is 14.0. The lowest BCUT2D eigenvalue weighted by Gasteiger charge is -2.39. The number of nitrogens with zero attached hydrogens (tertiary/aromatic N) is 6. The number of ether oxygens (including phenoxy) is 1. The lowest BCUT2D eigenvalue weighted by Crippen LogP contribution is -2.55. The zero-order valence-corrected chi connectivity index (χ0v) is 21.1. The van der Waals surface area contributed by atoms with Crippen molar-refractivity contribution in [2.75, 3.05) is 31.6 Å². The van der Waals surface area contributed by atoms with E-state index in [0.29, 0.717) is 24.0 Å². The summed E-state index contributed by atoms with van der Waals surface area (Å²) in [5, 5.41) is 30.7. The average molecular weight is 547 g/mol. The van der Waals surface area contributed by atoms with Crippen molar-refractivity contribution in [3.8, 4) is 6.07 Å². The molecule has 1 amide bonds. The molecular formula is C24H24ClFN6O6. The van der Waals surface area contributed by atoms with Crippen molar-refractivity contribution in [2.24, 2.45) is 0 Å². The Bertz CT molecular complexity index is 1340. The molecule has 14 heteroatoms. The number of anilines is 1. The molecule has 0 radical (unpaired) electrons. The summed E-state index contributed by atoms with van der Waals surface area (Å²) in [6.45, 7) is 0.0185. The van der Waals surface area contributed by atoms with Gasteiger partial charge in [0.05, 0.1) is 36.0 Å². The number of aromatic nitrogens is 2. The van der Waals surface area contributed by atoms with Gasteiger partial charge in [0.1, 0.15) is 11.5 Å². The SMILES string of the molecule is COC(=O)C1(Cc2nc(Cl)nc(N3CCN(C(=O)O)[C@@H](CC#N)C3)c2[N+](=O)[O-])CCCc2cc(F)ccc21. The summed E-state index contributed by atoms with van der Waals surface area (Å²) in [6.07, 6.45) is -0.251. The van der Waals surface area contributed by atoms with Gasteiger partial charge in [-0.1, -0.05) is 6.07 Å². The molecule has 2 aliphatic rings. The van der Waals surface area contributed by atoms with Crippen LogP contribution in [0.2, 0.25) is 5.28 Å². The second kappa shape index (κ2) is 10.7. The van der Waals surface area contributed by atoms with Gasteiger partial charge in [0, 0.05) is 26.1 Å². The van der Waals surface area contributed by atoms with Crippen molar-refractivity contribution >= 4 is 35.2 Å². The number of nitro groups is 1. The van der Waals surface area contributed by atoms with Gasteiger partial charge in [-0.2, -0.15) is 10.2 Å². The summed E-state index contributed by atoms with van der Waals surface area (Å²) in [4.78, 5) is 47.4. The van der Waals surface area contributed by atoms with Gasteiger partial charge in [-0.3, -0.25) is 14.9 Å². The summed E-state index contributed by atoms with van der Waals surface area (Å²) in [5.41, 5.74) is -0.849. The van der Waals surface area contributed by atoms with E-state index in [-0.39, 0.29) is 55.7 Å². The Hall–Kier alpha value is -4.05. The number of halogens is 2. The molecule has 0 bridgehead atoms. The summed E-state index contributed by atoms with van der Waals surface area (Å²) >= 11 is 6.23. The number of esters is 1. The smallest absolute Gasteiger partial charge is 0.407 e. The molecule has 1 N–H and O–H groups in total. The number of fused-ring (bicyclic) bond motifs is 1. The van der Waals surface area contributed by atoms with Crippen molar-refractivity contribution in [1.82, 2.24) is 14.9 Å². The molecule has 2 heterocycles. The van der Waals surface area contributed by atoms with Gasteiger partial charge in [-0.05, 0) is 54.1 Å². The molecule has 1 aromatic heterocycles. The summed E-state index contributed by atoms with van der Waals surface area (Å²) in [5.74, 6) is -1.23. The van der Waals surface area contributed by atoms with Gasteiger partial charge < -0.3 is 19.6 Å². The molecule has 1 unspecified atom stereocenters. The molecule has 2 atom stereocenters. The predicted molar refractivity (Wildman–Crippen MR) is 131 cm³/mol. The van der Waals surface area contributed by atoms with Crippen molar-refractivity contribution < 1.29 is 28.7 Å². The fraction of sp³-hybridized carbons (Fsp3) is 0.458. The highest BCUT2D eigenvalue weighted by Crippen LogP contribution is 2.44. The molecular weight excluding hydrogens is 523 g/mol. The van der Waals surface area contributed by atoms with Crippen LogP contribution < -0.4 is 4.90 Å². The molecule has 1 aliphatic heterocycles. The molecule has 4 rings (SSSR count). The van der Waals surface area contributed by atoms with Crippen molar-refractivity contribution in [2.45, 2.75) is 43.6 Å². The van der Waals surface area contributed by atoms with Crippen molar-refractivity contribution in [1.29, 1.82) is 5.26 Å². The molecule has 0 saturated carbocycles. The third-order valence-corrected chi connectivity index (χ3v) is 7.29. The van der Waals surface area contributed by atoms with Crippen LogP contribution in [0.4, 0.5) is 20.7 Å². The van der Waals surface area contributed by atoms with Gasteiger partial charge >= 0.3 is 17.7 Å². The Morgan fingerprint density at radius 1 is 1.39 bits per heavy atom. The highest BCUT2D eigenvalue weighted by atomic mass is 35.5. The number of carbonyl (C=O) groups is 2. The fourth-order valence-electron chi connectivity index (χ4n) is 5.47. The molecule has 0 spiro atoms. The first-order valence-corrected chi connectivity index (χ1v) is 12.2. The summed E-state index contributed by atoms with van der Waals surface area (Å²) in [7, 11) is 1.21. The quantitative estimate of drug-likeness (QED) is 0.246. The maximum Gasteiger partial charge on any atom is 0.407 e. The third-order valence-electron chi connectivity index (χ3n) is 7.13. The van der Waals surface area contributed by atoms with Crippen LogP contribution in [0.15, 0.2) is 18.2 Å². The minimum atomic E-state index is -1.37. The lowest BCUT2D eigenvalue weighted by molar-refractivity contribution is -0.385. The van der Waals surface area contributed by atoms with Crippen LogP contribution >= 0.6 is 11.6 Å². The number of amides is 1. The van der Waals surface area contributed by atoms with Crippen LogP contribution in [-0.4, -0.2) is 69.7 Å². The van der Waals surface area contributed by atoms with Gasteiger partial charge in [0.15, 0.2) is 0 Å². The van der Waals surface area contributed by atoms with E-state index >= 15 is 0 Å². The first-order chi connectivity index (χ1) is 18.1. The standard InChI is InChI=1S/C24H24ClFN6O6/c1-38-21(33)24(7-2-3-14-11-15(26)4-5-17(14)24)12-18-19(32(36)37)20(29-22(25)28-18)30-9-10-31(23(34)35)16(13-30)6-8-27/h4-5,11,16H,2-3,6-7,9-10,12-13H2,1H3,(H,34,35)/t16-,24?/m0/s1. The zero-order chi connectivity index (χ0) is 27.6. The molecule has 12 nitrogen and oxygen atoms in total. The van der Waals surface area contributed by atoms with E-state index in [9.17, 15) is 34.5 Å². The number of aryl methyl sites for hydroxylation is 1. The number of hydrogen-bond donors (Lipinski definition) is 1. The molecule has 38 heavy (non-hydrogen) atoms. The fourth-order valence-corrected chi connectivity index (χ4v) is 5.65. The zero-order valence-electron chi connectivity index (χ0n) is 20.4. The number of carbonyl (C=O) groups excluding carboxylic acids is 1. The summed E-state index contributed by atoms with van der Waals surface area (Å²) in [6, 6.07) is 5.26. The van der Waals surface area contributed by atoms with E-state index in [1.54, 1.807) is 0 Å². The first-order valence-electron chi connectivity index (χ1n) is 11.8. The Labute approximate surface area is 221 Å². The van der Waals surface area contributed by atoms with Crippen LogP contribution in [0.25, 0.3) is 0 Å². The number of rotatable bonds is 6. The van der Waals surface area contributed by atoms with Crippen LogP contribution in [-0.2, 0) is 27.8 Å². The number of piperazine rings is 1.